The molecule has 2 unspecified atom stereocenters. The molecule has 2 saturated carbocycles. The molecule has 1 saturated heterocycles. The Bertz CT molecular complexity index is 315. The van der Waals surface area contributed by atoms with Crippen LogP contribution < -0.4 is 0 Å². The molecule has 3 fully saturated rings. The molecule has 3 heteroatoms. The van der Waals surface area contributed by atoms with Gasteiger partial charge in [0.15, 0.2) is 11.6 Å². The number of hydrogen-bond acceptors (Lipinski definition) is 3. The van der Waals surface area contributed by atoms with E-state index in [4.69, 9.17) is 9.47 Å². The average Bonchev–Trinajstić information content (AvgIpc) is 2.83. The molecule has 0 aromatic heterocycles. The van der Waals surface area contributed by atoms with Gasteiger partial charge in [0, 0.05) is 18.8 Å². The van der Waals surface area contributed by atoms with Crippen LogP contribution in [0.15, 0.2) is 12.2 Å². The van der Waals surface area contributed by atoms with Crippen molar-refractivity contribution in [3.8, 4) is 0 Å². The fraction of sp³-hybridized carbons (Fsp3) is 0.750. The Balaban J connectivity index is 1.88. The van der Waals surface area contributed by atoms with E-state index >= 15 is 0 Å². The Kier molecular flexibility index (Phi) is 2.01. The van der Waals surface area contributed by atoms with Crippen molar-refractivity contribution in [2.24, 2.45) is 11.8 Å². The predicted octanol–water partition coefficient (Wildman–Crippen LogP) is 1.67. The van der Waals surface area contributed by atoms with Gasteiger partial charge in [-0.05, 0) is 24.3 Å². The molecule has 3 nitrogen and oxygen atoms in total. The minimum absolute atomic E-state index is 0.242. The topological polar surface area (TPSA) is 35.5 Å². The SMILES string of the molecule is C=C1C(=O)CCC2C1CCC21OCCO1. The third-order valence-electron chi connectivity index (χ3n) is 4.12. The first kappa shape index (κ1) is 9.55. The molecule has 2 atom stereocenters. The van der Waals surface area contributed by atoms with Crippen molar-refractivity contribution in [2.45, 2.75) is 31.5 Å². The van der Waals surface area contributed by atoms with Crippen molar-refractivity contribution >= 4 is 5.78 Å². The molecule has 0 radical (unpaired) electrons. The Hall–Kier alpha value is -0.670. The van der Waals surface area contributed by atoms with Crippen LogP contribution in [-0.2, 0) is 14.3 Å². The molecule has 1 spiro atoms. The molecular weight excluding hydrogens is 192 g/mol. The second kappa shape index (κ2) is 3.16. The van der Waals surface area contributed by atoms with E-state index in [2.05, 4.69) is 6.58 Å². The van der Waals surface area contributed by atoms with Crippen molar-refractivity contribution in [1.82, 2.24) is 0 Å². The molecule has 82 valence electrons. The van der Waals surface area contributed by atoms with Crippen LogP contribution in [0.25, 0.3) is 0 Å². The molecule has 1 aliphatic heterocycles. The van der Waals surface area contributed by atoms with Crippen LogP contribution in [0.3, 0.4) is 0 Å². The first-order chi connectivity index (χ1) is 7.23. The van der Waals surface area contributed by atoms with Gasteiger partial charge in [-0.2, -0.15) is 0 Å². The fourth-order valence-electron chi connectivity index (χ4n) is 3.37. The average molecular weight is 208 g/mol. The zero-order valence-corrected chi connectivity index (χ0v) is 8.83. The standard InChI is InChI=1S/C12H16O3/c1-8-9-4-5-12(14-6-7-15-12)10(9)2-3-11(8)13/h9-10H,1-7H2. The summed E-state index contributed by atoms with van der Waals surface area (Å²) in [6, 6.07) is 0. The third-order valence-corrected chi connectivity index (χ3v) is 4.12. The molecule has 1 heterocycles. The second-order valence-electron chi connectivity index (χ2n) is 4.75. The van der Waals surface area contributed by atoms with Gasteiger partial charge in [-0.25, -0.2) is 0 Å². The summed E-state index contributed by atoms with van der Waals surface area (Å²) in [6.07, 6.45) is 3.45. The van der Waals surface area contributed by atoms with Gasteiger partial charge in [0.1, 0.15) is 0 Å². The van der Waals surface area contributed by atoms with Crippen LogP contribution in [0.5, 0.6) is 0 Å². The van der Waals surface area contributed by atoms with E-state index in [-0.39, 0.29) is 11.6 Å². The summed E-state index contributed by atoms with van der Waals surface area (Å²) in [5.74, 6) is 0.551. The largest absolute Gasteiger partial charge is 0.347 e. The lowest BCUT2D eigenvalue weighted by molar-refractivity contribution is -0.188. The van der Waals surface area contributed by atoms with Gasteiger partial charge in [0.05, 0.1) is 13.2 Å². The van der Waals surface area contributed by atoms with Crippen molar-refractivity contribution in [3.05, 3.63) is 12.2 Å². The van der Waals surface area contributed by atoms with E-state index in [0.717, 1.165) is 24.8 Å². The van der Waals surface area contributed by atoms with Crippen molar-refractivity contribution in [3.63, 3.8) is 0 Å². The first-order valence-electron chi connectivity index (χ1n) is 5.73. The summed E-state index contributed by atoms with van der Waals surface area (Å²) in [6.45, 7) is 5.33. The van der Waals surface area contributed by atoms with Gasteiger partial charge in [-0.3, -0.25) is 4.79 Å². The smallest absolute Gasteiger partial charge is 0.171 e. The quantitative estimate of drug-likeness (QED) is 0.568. The number of ether oxygens (including phenoxy) is 2. The van der Waals surface area contributed by atoms with E-state index in [1.165, 1.54) is 0 Å². The van der Waals surface area contributed by atoms with Gasteiger partial charge < -0.3 is 9.47 Å². The third kappa shape index (κ3) is 1.23. The molecule has 0 bridgehead atoms. The molecule has 15 heavy (non-hydrogen) atoms. The number of carbonyl (C=O) groups is 1. The Morgan fingerprint density at radius 1 is 1.27 bits per heavy atom. The first-order valence-corrected chi connectivity index (χ1v) is 5.73. The van der Waals surface area contributed by atoms with Gasteiger partial charge in [0.25, 0.3) is 0 Å². The predicted molar refractivity (Wildman–Crippen MR) is 54.2 cm³/mol. The molecule has 2 aliphatic carbocycles. The number of rotatable bonds is 0. The second-order valence-corrected chi connectivity index (χ2v) is 4.75. The van der Waals surface area contributed by atoms with E-state index in [1.54, 1.807) is 0 Å². The van der Waals surface area contributed by atoms with E-state index in [9.17, 15) is 4.79 Å². The Morgan fingerprint density at radius 2 is 2.00 bits per heavy atom. The number of fused-ring (bicyclic) bond motifs is 2. The molecular formula is C12H16O3. The van der Waals surface area contributed by atoms with Gasteiger partial charge in [-0.1, -0.05) is 6.58 Å². The summed E-state index contributed by atoms with van der Waals surface area (Å²) in [4.78, 5) is 11.6. The Labute approximate surface area is 89.4 Å². The summed E-state index contributed by atoms with van der Waals surface area (Å²) in [5, 5.41) is 0. The number of carbonyl (C=O) groups excluding carboxylic acids is 1. The summed E-state index contributed by atoms with van der Waals surface area (Å²) >= 11 is 0. The van der Waals surface area contributed by atoms with Crippen LogP contribution in [0.2, 0.25) is 0 Å². The lowest BCUT2D eigenvalue weighted by Gasteiger charge is -2.35. The number of hydrogen-bond donors (Lipinski definition) is 0. The zero-order chi connectivity index (χ0) is 10.5. The lowest BCUT2D eigenvalue weighted by Crippen LogP contribution is -2.40. The molecule has 0 aromatic rings. The van der Waals surface area contributed by atoms with Crippen molar-refractivity contribution in [2.75, 3.05) is 13.2 Å². The van der Waals surface area contributed by atoms with E-state index < -0.39 is 0 Å². The van der Waals surface area contributed by atoms with Crippen molar-refractivity contribution < 1.29 is 14.3 Å². The maximum absolute atomic E-state index is 11.6. The highest BCUT2D eigenvalue weighted by Gasteiger charge is 2.55. The minimum atomic E-state index is -0.367. The van der Waals surface area contributed by atoms with Crippen LogP contribution in [0.4, 0.5) is 0 Å². The highest BCUT2D eigenvalue weighted by Crippen LogP contribution is 2.52. The number of ketones is 1. The minimum Gasteiger partial charge on any atom is -0.347 e. The van der Waals surface area contributed by atoms with Crippen LogP contribution in [-0.4, -0.2) is 24.8 Å². The molecule has 0 aromatic carbocycles. The van der Waals surface area contributed by atoms with Gasteiger partial charge in [-0.15, -0.1) is 0 Å². The lowest BCUT2D eigenvalue weighted by atomic mass is 9.76. The van der Waals surface area contributed by atoms with E-state index in [1.807, 2.05) is 0 Å². The summed E-state index contributed by atoms with van der Waals surface area (Å²) < 4.78 is 11.6. The van der Waals surface area contributed by atoms with Gasteiger partial charge in [0.2, 0.25) is 0 Å². The number of Topliss-reactive ketones (excluding diaryl/α,β-unsaturated/α-hetero) is 1. The van der Waals surface area contributed by atoms with E-state index in [0.29, 0.717) is 31.5 Å². The number of allylic oxidation sites excluding steroid dienone is 1. The van der Waals surface area contributed by atoms with Crippen LogP contribution >= 0.6 is 0 Å². The highest BCUT2D eigenvalue weighted by atomic mass is 16.7. The maximum atomic E-state index is 11.6. The Morgan fingerprint density at radius 3 is 2.73 bits per heavy atom. The van der Waals surface area contributed by atoms with Gasteiger partial charge >= 0.3 is 0 Å². The summed E-state index contributed by atoms with van der Waals surface area (Å²) in [7, 11) is 0. The normalized spacial score (nSPS) is 38.7. The van der Waals surface area contributed by atoms with Crippen LogP contribution in [0.1, 0.15) is 25.7 Å². The monoisotopic (exact) mass is 208 g/mol. The molecule has 3 rings (SSSR count). The fourth-order valence-corrected chi connectivity index (χ4v) is 3.37. The summed E-state index contributed by atoms with van der Waals surface area (Å²) in [5.41, 5.74) is 0.808. The van der Waals surface area contributed by atoms with Crippen LogP contribution in [0, 0.1) is 11.8 Å². The molecule has 0 N–H and O–H groups in total. The maximum Gasteiger partial charge on any atom is 0.171 e. The molecule has 3 aliphatic rings. The zero-order valence-electron chi connectivity index (χ0n) is 8.83. The van der Waals surface area contributed by atoms with Crippen molar-refractivity contribution in [1.29, 1.82) is 0 Å². The molecule has 0 amide bonds. The highest BCUT2D eigenvalue weighted by molar-refractivity contribution is 5.96.